The lowest BCUT2D eigenvalue weighted by Gasteiger charge is -2.27. The average Bonchev–Trinajstić information content (AvgIpc) is 3.36. The molecule has 3 aliphatic heterocycles. The third kappa shape index (κ3) is 4.19. The molecule has 5 nitrogen and oxygen atoms in total. The molecule has 0 unspecified atom stereocenters. The third-order valence-corrected chi connectivity index (χ3v) is 6.71. The van der Waals surface area contributed by atoms with Crippen molar-refractivity contribution in [1.82, 2.24) is 9.80 Å². The van der Waals surface area contributed by atoms with E-state index >= 15 is 0 Å². The maximum atomic E-state index is 6.50. The molecule has 2 saturated heterocycles. The standard InChI is InChI=1S/C22H25ClN2O3.2ClH/c1-24-9-16-11-25(10-15-7-20-21(8-19(15)23)28-13-27-20)12-18(16)22(24)14-3-5-17(26-2)6-4-14;;/h3-8,16,18,22H,9-13H2,1-2H3;2*1H/t16-,18+,22+;;/m0../s1. The molecule has 0 amide bonds. The molecular weight excluding hydrogens is 447 g/mol. The van der Waals surface area contributed by atoms with Crippen molar-refractivity contribution < 1.29 is 14.2 Å². The zero-order valence-corrected chi connectivity index (χ0v) is 19.4. The Morgan fingerprint density at radius 3 is 2.43 bits per heavy atom. The van der Waals surface area contributed by atoms with Gasteiger partial charge in [-0.1, -0.05) is 23.7 Å². The first-order valence-electron chi connectivity index (χ1n) is 9.77. The molecular formula is C22H27Cl3N2O3. The Balaban J connectivity index is 0.00000128. The number of fused-ring (bicyclic) bond motifs is 2. The summed E-state index contributed by atoms with van der Waals surface area (Å²) < 4.78 is 16.3. The van der Waals surface area contributed by atoms with Crippen LogP contribution in [0.15, 0.2) is 36.4 Å². The van der Waals surface area contributed by atoms with Gasteiger partial charge in [-0.25, -0.2) is 0 Å². The molecule has 0 radical (unpaired) electrons. The molecule has 0 aromatic heterocycles. The lowest BCUT2D eigenvalue weighted by molar-refractivity contribution is 0.174. The molecule has 30 heavy (non-hydrogen) atoms. The van der Waals surface area contributed by atoms with Crippen LogP contribution >= 0.6 is 36.4 Å². The fourth-order valence-corrected chi connectivity index (χ4v) is 5.32. The molecule has 164 valence electrons. The normalized spacial score (nSPS) is 24.8. The van der Waals surface area contributed by atoms with Crippen molar-refractivity contribution >= 4 is 36.4 Å². The van der Waals surface area contributed by atoms with Crippen molar-refractivity contribution in [2.45, 2.75) is 12.6 Å². The van der Waals surface area contributed by atoms with Gasteiger partial charge in [-0.3, -0.25) is 9.80 Å². The first-order chi connectivity index (χ1) is 13.6. The molecule has 3 heterocycles. The summed E-state index contributed by atoms with van der Waals surface area (Å²) in [4.78, 5) is 5.03. The van der Waals surface area contributed by atoms with Gasteiger partial charge in [0.15, 0.2) is 11.5 Å². The molecule has 2 fully saturated rings. The van der Waals surface area contributed by atoms with Crippen molar-refractivity contribution in [2.24, 2.45) is 11.8 Å². The van der Waals surface area contributed by atoms with Crippen LogP contribution in [0, 0.1) is 11.8 Å². The Morgan fingerprint density at radius 1 is 1.03 bits per heavy atom. The summed E-state index contributed by atoms with van der Waals surface area (Å²) in [6.07, 6.45) is 0. The van der Waals surface area contributed by atoms with Crippen molar-refractivity contribution in [1.29, 1.82) is 0 Å². The van der Waals surface area contributed by atoms with E-state index in [4.69, 9.17) is 25.8 Å². The van der Waals surface area contributed by atoms with Gasteiger partial charge in [-0.15, -0.1) is 24.8 Å². The second kappa shape index (κ2) is 9.41. The van der Waals surface area contributed by atoms with E-state index in [1.165, 1.54) is 5.56 Å². The van der Waals surface area contributed by atoms with E-state index in [0.29, 0.717) is 17.9 Å². The number of ether oxygens (including phenoxy) is 3. The molecule has 0 saturated carbocycles. The van der Waals surface area contributed by atoms with E-state index in [2.05, 4.69) is 41.1 Å². The van der Waals surface area contributed by atoms with E-state index in [1.807, 2.05) is 12.1 Å². The van der Waals surface area contributed by atoms with Crippen molar-refractivity contribution in [3.63, 3.8) is 0 Å². The van der Waals surface area contributed by atoms with E-state index < -0.39 is 0 Å². The van der Waals surface area contributed by atoms with Gasteiger partial charge in [0.1, 0.15) is 5.75 Å². The van der Waals surface area contributed by atoms with Crippen molar-refractivity contribution in [2.75, 3.05) is 40.6 Å². The summed E-state index contributed by atoms with van der Waals surface area (Å²) in [7, 11) is 3.95. The Labute approximate surface area is 195 Å². The summed E-state index contributed by atoms with van der Waals surface area (Å²) in [6.45, 7) is 4.44. The monoisotopic (exact) mass is 472 g/mol. The Kier molecular flexibility index (Phi) is 7.31. The van der Waals surface area contributed by atoms with Gasteiger partial charge in [0, 0.05) is 43.3 Å². The van der Waals surface area contributed by atoms with Gasteiger partial charge in [-0.05, 0) is 48.2 Å². The van der Waals surface area contributed by atoms with E-state index in [-0.39, 0.29) is 31.6 Å². The van der Waals surface area contributed by atoms with Crippen LogP contribution in [-0.2, 0) is 6.54 Å². The Morgan fingerprint density at radius 2 is 1.73 bits per heavy atom. The molecule has 0 aliphatic carbocycles. The minimum atomic E-state index is 0. The fraction of sp³-hybridized carbons (Fsp3) is 0.455. The van der Waals surface area contributed by atoms with Gasteiger partial charge >= 0.3 is 0 Å². The number of hydrogen-bond donors (Lipinski definition) is 0. The topological polar surface area (TPSA) is 34.2 Å². The lowest BCUT2D eigenvalue weighted by atomic mass is 9.89. The molecule has 0 N–H and O–H groups in total. The van der Waals surface area contributed by atoms with Gasteiger partial charge < -0.3 is 14.2 Å². The summed E-state index contributed by atoms with van der Waals surface area (Å²) in [5.41, 5.74) is 2.49. The molecule has 8 heteroatoms. The van der Waals surface area contributed by atoms with Crippen molar-refractivity contribution in [3.8, 4) is 17.2 Å². The number of halogens is 3. The van der Waals surface area contributed by atoms with Crippen molar-refractivity contribution in [3.05, 3.63) is 52.5 Å². The van der Waals surface area contributed by atoms with Crippen LogP contribution in [0.1, 0.15) is 17.2 Å². The quantitative estimate of drug-likeness (QED) is 0.645. The number of methoxy groups -OCH3 is 1. The summed E-state index contributed by atoms with van der Waals surface area (Å²) in [6, 6.07) is 12.9. The fourth-order valence-electron chi connectivity index (χ4n) is 5.10. The molecule has 3 aliphatic rings. The zero-order valence-electron chi connectivity index (χ0n) is 17.0. The smallest absolute Gasteiger partial charge is 0.231 e. The maximum Gasteiger partial charge on any atom is 0.231 e. The second-order valence-electron chi connectivity index (χ2n) is 8.07. The predicted octanol–water partition coefficient (Wildman–Crippen LogP) is 4.66. The Hall–Kier alpha value is -1.37. The maximum absolute atomic E-state index is 6.50. The van der Waals surface area contributed by atoms with Crippen LogP contribution in [0.4, 0.5) is 0 Å². The highest BCUT2D eigenvalue weighted by molar-refractivity contribution is 6.31. The van der Waals surface area contributed by atoms with Gasteiger partial charge in [-0.2, -0.15) is 0 Å². The SMILES string of the molecule is COc1ccc([C@@H]2[C@@H]3CN(Cc4cc5c(cc4Cl)OCO5)C[C@@H]3CN2C)cc1.Cl.Cl. The number of nitrogens with zero attached hydrogens (tertiary/aromatic N) is 2. The van der Waals surface area contributed by atoms with Crippen LogP contribution < -0.4 is 14.2 Å². The highest BCUT2D eigenvalue weighted by atomic mass is 35.5. The number of likely N-dealkylation sites (tertiary alicyclic amines) is 2. The first-order valence-corrected chi connectivity index (χ1v) is 10.1. The average molecular weight is 474 g/mol. The van der Waals surface area contributed by atoms with Crippen LogP contribution in [0.3, 0.4) is 0 Å². The minimum Gasteiger partial charge on any atom is -0.497 e. The van der Waals surface area contributed by atoms with Gasteiger partial charge in [0.25, 0.3) is 0 Å². The highest BCUT2D eigenvalue weighted by Gasteiger charge is 2.46. The molecule has 5 rings (SSSR count). The van der Waals surface area contributed by atoms with E-state index in [9.17, 15) is 0 Å². The lowest BCUT2D eigenvalue weighted by Crippen LogP contribution is -2.29. The number of rotatable bonds is 4. The molecule has 3 atom stereocenters. The van der Waals surface area contributed by atoms with Crippen LogP contribution in [0.25, 0.3) is 0 Å². The first kappa shape index (κ1) is 23.3. The van der Waals surface area contributed by atoms with E-state index in [1.54, 1.807) is 7.11 Å². The molecule has 0 bridgehead atoms. The van der Waals surface area contributed by atoms with Crippen LogP contribution in [0.2, 0.25) is 5.02 Å². The number of hydrogen-bond acceptors (Lipinski definition) is 5. The molecule has 2 aromatic rings. The summed E-state index contributed by atoms with van der Waals surface area (Å²) in [5.74, 6) is 3.77. The summed E-state index contributed by atoms with van der Waals surface area (Å²) >= 11 is 6.50. The summed E-state index contributed by atoms with van der Waals surface area (Å²) in [5, 5.41) is 0.755. The third-order valence-electron chi connectivity index (χ3n) is 6.36. The van der Waals surface area contributed by atoms with Crippen LogP contribution in [0.5, 0.6) is 17.2 Å². The van der Waals surface area contributed by atoms with Gasteiger partial charge in [0.05, 0.1) is 7.11 Å². The van der Waals surface area contributed by atoms with Gasteiger partial charge in [0.2, 0.25) is 6.79 Å². The molecule has 2 aromatic carbocycles. The minimum absolute atomic E-state index is 0. The highest BCUT2D eigenvalue weighted by Crippen LogP contribution is 2.45. The molecule has 0 spiro atoms. The largest absolute Gasteiger partial charge is 0.497 e. The Bertz CT molecular complexity index is 881. The zero-order chi connectivity index (χ0) is 19.3. The second-order valence-corrected chi connectivity index (χ2v) is 8.48. The predicted molar refractivity (Wildman–Crippen MR) is 123 cm³/mol. The number of benzene rings is 2. The van der Waals surface area contributed by atoms with E-state index in [0.717, 1.165) is 54.0 Å². The van der Waals surface area contributed by atoms with Crippen LogP contribution in [-0.4, -0.2) is 50.4 Å².